The van der Waals surface area contributed by atoms with E-state index in [0.29, 0.717) is 25.1 Å². The molecule has 0 fully saturated rings. The van der Waals surface area contributed by atoms with E-state index < -0.39 is 0 Å². The average Bonchev–Trinajstić information content (AvgIpc) is 2.46. The second-order valence-corrected chi connectivity index (χ2v) is 4.76. The lowest BCUT2D eigenvalue weighted by Gasteiger charge is -2.16. The van der Waals surface area contributed by atoms with E-state index in [1.165, 1.54) is 5.56 Å². The van der Waals surface area contributed by atoms with Crippen molar-refractivity contribution < 1.29 is 9.47 Å². The van der Waals surface area contributed by atoms with Gasteiger partial charge in [-0.1, -0.05) is 30.3 Å². The van der Waals surface area contributed by atoms with Gasteiger partial charge in [-0.2, -0.15) is 0 Å². The number of halogens is 1. The van der Waals surface area contributed by atoms with Gasteiger partial charge < -0.3 is 14.8 Å². The smallest absolute Gasteiger partial charge is 0.0700 e. The molecule has 1 rings (SSSR count). The van der Waals surface area contributed by atoms with E-state index in [0.717, 1.165) is 26.0 Å². The Balaban J connectivity index is 2.09. The topological polar surface area (TPSA) is 30.5 Å². The van der Waals surface area contributed by atoms with E-state index in [2.05, 4.69) is 29.6 Å². The highest BCUT2D eigenvalue weighted by molar-refractivity contribution is 6.18. The van der Waals surface area contributed by atoms with Crippen molar-refractivity contribution in [3.05, 3.63) is 35.9 Å². The van der Waals surface area contributed by atoms with Crippen LogP contribution in [0.5, 0.6) is 0 Å². The maximum Gasteiger partial charge on any atom is 0.0700 e. The molecule has 0 heterocycles. The standard InChI is InChI=1S/C15H24ClNO2/c1-18-10-11-19-9-5-8-17-15(13-16)12-14-6-3-2-4-7-14/h2-4,6-7,15,17H,5,8-13H2,1H3. The molecule has 0 amide bonds. The number of hydrogen-bond donors (Lipinski definition) is 1. The van der Waals surface area contributed by atoms with E-state index in [4.69, 9.17) is 21.1 Å². The molecule has 1 atom stereocenters. The van der Waals surface area contributed by atoms with Crippen molar-refractivity contribution in [1.82, 2.24) is 5.32 Å². The van der Waals surface area contributed by atoms with E-state index >= 15 is 0 Å². The van der Waals surface area contributed by atoms with Crippen molar-refractivity contribution in [2.75, 3.05) is 39.4 Å². The lowest BCUT2D eigenvalue weighted by Crippen LogP contribution is -2.34. The summed E-state index contributed by atoms with van der Waals surface area (Å²) in [4.78, 5) is 0. The van der Waals surface area contributed by atoms with Crippen molar-refractivity contribution in [2.24, 2.45) is 0 Å². The summed E-state index contributed by atoms with van der Waals surface area (Å²) in [5.41, 5.74) is 1.32. The van der Waals surface area contributed by atoms with Crippen molar-refractivity contribution >= 4 is 11.6 Å². The van der Waals surface area contributed by atoms with Crippen molar-refractivity contribution in [3.63, 3.8) is 0 Å². The fraction of sp³-hybridized carbons (Fsp3) is 0.600. The Bertz CT molecular complexity index is 308. The van der Waals surface area contributed by atoms with Crippen molar-refractivity contribution in [3.8, 4) is 0 Å². The molecule has 1 aromatic rings. The van der Waals surface area contributed by atoms with Gasteiger partial charge in [0.2, 0.25) is 0 Å². The summed E-state index contributed by atoms with van der Waals surface area (Å²) in [5, 5.41) is 3.47. The van der Waals surface area contributed by atoms with Gasteiger partial charge in [-0.15, -0.1) is 11.6 Å². The molecule has 0 aliphatic heterocycles. The summed E-state index contributed by atoms with van der Waals surface area (Å²) in [6.07, 6.45) is 1.96. The number of alkyl halides is 1. The largest absolute Gasteiger partial charge is 0.382 e. The molecule has 0 aromatic heterocycles. The molecule has 0 aliphatic rings. The molecule has 0 radical (unpaired) electrons. The highest BCUT2D eigenvalue weighted by atomic mass is 35.5. The molecule has 0 aliphatic carbocycles. The summed E-state index contributed by atoms with van der Waals surface area (Å²) >= 11 is 5.99. The first kappa shape index (κ1) is 16.4. The number of hydrogen-bond acceptors (Lipinski definition) is 3. The Kier molecular flexibility index (Phi) is 9.72. The van der Waals surface area contributed by atoms with Gasteiger partial charge in [0.05, 0.1) is 13.2 Å². The third-order valence-corrected chi connectivity index (χ3v) is 3.21. The van der Waals surface area contributed by atoms with Gasteiger partial charge in [0.15, 0.2) is 0 Å². The monoisotopic (exact) mass is 285 g/mol. The van der Waals surface area contributed by atoms with Crippen LogP contribution in [0.1, 0.15) is 12.0 Å². The lowest BCUT2D eigenvalue weighted by molar-refractivity contribution is 0.0693. The van der Waals surface area contributed by atoms with Crippen molar-refractivity contribution in [2.45, 2.75) is 18.9 Å². The highest BCUT2D eigenvalue weighted by Crippen LogP contribution is 2.04. The number of benzene rings is 1. The van der Waals surface area contributed by atoms with Crippen LogP contribution < -0.4 is 5.32 Å². The number of methoxy groups -OCH3 is 1. The summed E-state index contributed by atoms with van der Waals surface area (Å²) in [6.45, 7) is 3.01. The zero-order valence-corrected chi connectivity index (χ0v) is 12.4. The van der Waals surface area contributed by atoms with Gasteiger partial charge in [0, 0.05) is 25.6 Å². The van der Waals surface area contributed by atoms with E-state index in [1.807, 2.05) is 6.07 Å². The second-order valence-electron chi connectivity index (χ2n) is 4.45. The van der Waals surface area contributed by atoms with Crippen LogP contribution in [-0.2, 0) is 15.9 Å². The first-order chi connectivity index (χ1) is 9.36. The van der Waals surface area contributed by atoms with E-state index in [1.54, 1.807) is 7.11 Å². The fourth-order valence-electron chi connectivity index (χ4n) is 1.80. The van der Waals surface area contributed by atoms with Gasteiger partial charge >= 0.3 is 0 Å². The molecular weight excluding hydrogens is 262 g/mol. The van der Waals surface area contributed by atoms with Gasteiger partial charge in [0.1, 0.15) is 0 Å². The van der Waals surface area contributed by atoms with Crippen LogP contribution in [0.25, 0.3) is 0 Å². The average molecular weight is 286 g/mol. The van der Waals surface area contributed by atoms with Gasteiger partial charge in [-0.3, -0.25) is 0 Å². The molecule has 3 nitrogen and oxygen atoms in total. The van der Waals surface area contributed by atoms with E-state index in [-0.39, 0.29) is 0 Å². The summed E-state index contributed by atoms with van der Waals surface area (Å²) < 4.78 is 10.3. The molecule has 0 saturated heterocycles. The van der Waals surface area contributed by atoms with Gasteiger partial charge in [0.25, 0.3) is 0 Å². The molecule has 0 bridgehead atoms. The SMILES string of the molecule is COCCOCCCNC(CCl)Cc1ccccc1. The Hall–Kier alpha value is -0.610. The minimum atomic E-state index is 0.322. The molecule has 1 unspecified atom stereocenters. The van der Waals surface area contributed by atoms with Gasteiger partial charge in [-0.05, 0) is 24.9 Å². The molecule has 1 aromatic carbocycles. The number of nitrogens with one attached hydrogen (secondary N) is 1. The maximum atomic E-state index is 5.99. The minimum absolute atomic E-state index is 0.322. The molecule has 108 valence electrons. The highest BCUT2D eigenvalue weighted by Gasteiger charge is 2.06. The third-order valence-electron chi connectivity index (χ3n) is 2.84. The quantitative estimate of drug-likeness (QED) is 0.500. The van der Waals surface area contributed by atoms with Crippen LogP contribution in [0.2, 0.25) is 0 Å². The van der Waals surface area contributed by atoms with Crippen LogP contribution in [-0.4, -0.2) is 45.4 Å². The first-order valence-electron chi connectivity index (χ1n) is 6.76. The Morgan fingerprint density at radius 1 is 1.16 bits per heavy atom. The zero-order chi connectivity index (χ0) is 13.8. The van der Waals surface area contributed by atoms with Crippen LogP contribution in [0.3, 0.4) is 0 Å². The second kappa shape index (κ2) is 11.2. The minimum Gasteiger partial charge on any atom is -0.382 e. The summed E-state index contributed by atoms with van der Waals surface area (Å²) in [7, 11) is 1.68. The third kappa shape index (κ3) is 8.22. The van der Waals surface area contributed by atoms with E-state index in [9.17, 15) is 0 Å². The number of rotatable bonds is 11. The Labute approximate surface area is 121 Å². The maximum absolute atomic E-state index is 5.99. The lowest BCUT2D eigenvalue weighted by atomic mass is 10.1. The normalized spacial score (nSPS) is 12.5. The molecule has 1 N–H and O–H groups in total. The molecule has 0 spiro atoms. The zero-order valence-electron chi connectivity index (χ0n) is 11.6. The van der Waals surface area contributed by atoms with Crippen LogP contribution >= 0.6 is 11.6 Å². The van der Waals surface area contributed by atoms with Crippen LogP contribution in [0, 0.1) is 0 Å². The summed E-state index contributed by atoms with van der Waals surface area (Å²) in [6, 6.07) is 10.7. The van der Waals surface area contributed by atoms with Crippen molar-refractivity contribution in [1.29, 1.82) is 0 Å². The van der Waals surface area contributed by atoms with Crippen LogP contribution in [0.15, 0.2) is 30.3 Å². The number of ether oxygens (including phenoxy) is 2. The molecule has 0 saturated carbocycles. The van der Waals surface area contributed by atoms with Crippen LogP contribution in [0.4, 0.5) is 0 Å². The first-order valence-corrected chi connectivity index (χ1v) is 7.30. The molecule has 4 heteroatoms. The fourth-order valence-corrected chi connectivity index (χ4v) is 2.02. The Morgan fingerprint density at radius 2 is 1.95 bits per heavy atom. The molecular formula is C15H24ClNO2. The summed E-state index contributed by atoms with van der Waals surface area (Å²) in [5.74, 6) is 0.624. The predicted molar refractivity (Wildman–Crippen MR) is 80.0 cm³/mol. The predicted octanol–water partition coefficient (Wildman–Crippen LogP) is 2.48. The van der Waals surface area contributed by atoms with Gasteiger partial charge in [-0.25, -0.2) is 0 Å². The Morgan fingerprint density at radius 3 is 2.63 bits per heavy atom. The molecule has 19 heavy (non-hydrogen) atoms.